The summed E-state index contributed by atoms with van der Waals surface area (Å²) in [5, 5.41) is 7.60. The van der Waals surface area contributed by atoms with E-state index in [4.69, 9.17) is 9.47 Å². The fourth-order valence-electron chi connectivity index (χ4n) is 3.92. The number of isocyanates is 1. The minimum atomic E-state index is 0.201. The van der Waals surface area contributed by atoms with E-state index in [2.05, 4.69) is 39.5 Å². The Morgan fingerprint density at radius 2 is 1.89 bits per heavy atom. The Morgan fingerprint density at radius 3 is 2.64 bits per heavy atom. The van der Waals surface area contributed by atoms with Crippen LogP contribution in [0.3, 0.4) is 0 Å². The topological polar surface area (TPSA) is 76.6 Å². The minimum absolute atomic E-state index is 0.201. The molecule has 0 saturated heterocycles. The van der Waals surface area contributed by atoms with Crippen molar-refractivity contribution in [3.05, 3.63) is 59.3 Å². The van der Waals surface area contributed by atoms with Gasteiger partial charge in [0.1, 0.15) is 5.69 Å². The van der Waals surface area contributed by atoms with Crippen LogP contribution in [-0.4, -0.2) is 30.5 Å². The van der Waals surface area contributed by atoms with Crippen molar-refractivity contribution in [3.63, 3.8) is 0 Å². The predicted octanol–water partition coefficient (Wildman–Crippen LogP) is 4.33. The summed E-state index contributed by atoms with van der Waals surface area (Å²) < 4.78 is 10.7. The maximum Gasteiger partial charge on any atom is 0.240 e. The summed E-state index contributed by atoms with van der Waals surface area (Å²) in [6, 6.07) is 14.0. The zero-order chi connectivity index (χ0) is 19.5. The van der Waals surface area contributed by atoms with Crippen molar-refractivity contribution < 1.29 is 14.3 Å². The van der Waals surface area contributed by atoms with Crippen LogP contribution in [0, 0.1) is 0 Å². The standard InChI is InChI=1S/C22H21N3O3/c1-27-18-10-9-17(12-19(18)28-2)21-22(23-13-26)20(24-25-21)16-8-7-14-5-3-4-6-15(14)11-16/h3-6,9-10,12,16H,7-8,11H2,1-2H3,(H,24,25). The molecule has 4 rings (SSSR count). The Morgan fingerprint density at radius 1 is 1.11 bits per heavy atom. The maximum absolute atomic E-state index is 11.1. The number of hydrogen-bond donors (Lipinski definition) is 1. The summed E-state index contributed by atoms with van der Waals surface area (Å²) in [5.41, 5.74) is 5.57. The molecule has 0 fully saturated rings. The summed E-state index contributed by atoms with van der Waals surface area (Å²) in [7, 11) is 3.18. The van der Waals surface area contributed by atoms with Gasteiger partial charge in [0.15, 0.2) is 11.5 Å². The molecule has 3 aromatic rings. The van der Waals surface area contributed by atoms with Crippen molar-refractivity contribution in [1.29, 1.82) is 0 Å². The number of methoxy groups -OCH3 is 2. The highest BCUT2D eigenvalue weighted by molar-refractivity contribution is 5.77. The number of nitrogens with one attached hydrogen (secondary N) is 1. The van der Waals surface area contributed by atoms with E-state index in [-0.39, 0.29) is 5.92 Å². The van der Waals surface area contributed by atoms with E-state index in [9.17, 15) is 4.79 Å². The lowest BCUT2D eigenvalue weighted by atomic mass is 9.82. The lowest BCUT2D eigenvalue weighted by Crippen LogP contribution is -2.13. The van der Waals surface area contributed by atoms with Gasteiger partial charge in [-0.1, -0.05) is 24.3 Å². The predicted molar refractivity (Wildman–Crippen MR) is 106 cm³/mol. The van der Waals surface area contributed by atoms with Crippen LogP contribution in [0.4, 0.5) is 5.69 Å². The SMILES string of the molecule is COc1ccc(-c2[nH]nc(C3CCc4ccccc4C3)c2N=C=O)cc1OC. The fraction of sp³-hybridized carbons (Fsp3) is 0.273. The molecule has 2 aromatic carbocycles. The van der Waals surface area contributed by atoms with Crippen molar-refractivity contribution in [3.8, 4) is 22.8 Å². The second-order valence-electron chi connectivity index (χ2n) is 6.81. The van der Waals surface area contributed by atoms with Gasteiger partial charge in [-0.15, -0.1) is 0 Å². The molecule has 0 radical (unpaired) electrons. The van der Waals surface area contributed by atoms with E-state index < -0.39 is 0 Å². The molecule has 1 aliphatic rings. The average molecular weight is 375 g/mol. The first-order chi connectivity index (χ1) is 13.7. The summed E-state index contributed by atoms with van der Waals surface area (Å²) in [4.78, 5) is 15.1. The molecule has 28 heavy (non-hydrogen) atoms. The third-order valence-corrected chi connectivity index (χ3v) is 5.33. The Labute approximate surface area is 163 Å². The van der Waals surface area contributed by atoms with E-state index in [1.165, 1.54) is 11.1 Å². The molecule has 1 N–H and O–H groups in total. The second kappa shape index (κ2) is 7.71. The van der Waals surface area contributed by atoms with Gasteiger partial charge in [0.05, 0.1) is 25.6 Å². The Balaban J connectivity index is 1.74. The number of carbonyl (C=O) groups excluding carboxylic acids is 1. The first kappa shape index (κ1) is 18.0. The van der Waals surface area contributed by atoms with Gasteiger partial charge in [0.2, 0.25) is 6.08 Å². The molecule has 0 saturated carbocycles. The first-order valence-corrected chi connectivity index (χ1v) is 9.20. The molecule has 0 spiro atoms. The third kappa shape index (κ3) is 3.19. The van der Waals surface area contributed by atoms with Crippen LogP contribution in [0.15, 0.2) is 47.5 Å². The van der Waals surface area contributed by atoms with Crippen molar-refractivity contribution in [1.82, 2.24) is 10.2 Å². The molecule has 1 atom stereocenters. The lowest BCUT2D eigenvalue weighted by Gasteiger charge is -2.23. The van der Waals surface area contributed by atoms with Gasteiger partial charge < -0.3 is 9.47 Å². The van der Waals surface area contributed by atoms with Gasteiger partial charge >= 0.3 is 0 Å². The number of benzene rings is 2. The molecule has 0 bridgehead atoms. The number of aromatic nitrogens is 2. The highest BCUT2D eigenvalue weighted by atomic mass is 16.5. The zero-order valence-electron chi connectivity index (χ0n) is 15.9. The Hall–Kier alpha value is -3.37. The van der Waals surface area contributed by atoms with Crippen LogP contribution in [0.25, 0.3) is 11.3 Å². The van der Waals surface area contributed by atoms with Crippen molar-refractivity contribution in [2.45, 2.75) is 25.2 Å². The number of fused-ring (bicyclic) bond motifs is 1. The molecule has 1 unspecified atom stereocenters. The molecular weight excluding hydrogens is 354 g/mol. The van der Waals surface area contributed by atoms with Gasteiger partial charge in [-0.25, -0.2) is 4.79 Å². The molecule has 6 heteroatoms. The van der Waals surface area contributed by atoms with Crippen LogP contribution < -0.4 is 9.47 Å². The number of ether oxygens (including phenoxy) is 2. The quantitative estimate of drug-likeness (QED) is 0.532. The summed E-state index contributed by atoms with van der Waals surface area (Å²) >= 11 is 0. The van der Waals surface area contributed by atoms with Crippen LogP contribution in [0.2, 0.25) is 0 Å². The van der Waals surface area contributed by atoms with E-state index in [1.807, 2.05) is 18.2 Å². The van der Waals surface area contributed by atoms with Gasteiger partial charge in [0, 0.05) is 11.5 Å². The van der Waals surface area contributed by atoms with Crippen LogP contribution in [0.5, 0.6) is 11.5 Å². The molecule has 1 heterocycles. The molecular formula is C22H21N3O3. The van der Waals surface area contributed by atoms with Gasteiger partial charge in [-0.3, -0.25) is 5.10 Å². The number of H-pyrrole nitrogens is 1. The van der Waals surface area contributed by atoms with Crippen molar-refractivity contribution in [2.75, 3.05) is 14.2 Å². The number of hydrogen-bond acceptors (Lipinski definition) is 5. The minimum Gasteiger partial charge on any atom is -0.493 e. The largest absolute Gasteiger partial charge is 0.493 e. The Kier molecular flexibility index (Phi) is 4.96. The van der Waals surface area contributed by atoms with E-state index >= 15 is 0 Å². The van der Waals surface area contributed by atoms with Gasteiger partial charge in [-0.05, 0) is 48.6 Å². The third-order valence-electron chi connectivity index (χ3n) is 5.33. The van der Waals surface area contributed by atoms with Crippen LogP contribution in [-0.2, 0) is 17.6 Å². The lowest BCUT2D eigenvalue weighted by molar-refractivity contribution is 0.355. The number of rotatable bonds is 5. The Bertz CT molecular complexity index is 1050. The summed E-state index contributed by atoms with van der Waals surface area (Å²) in [6.07, 6.45) is 4.53. The molecule has 1 aromatic heterocycles. The highest BCUT2D eigenvalue weighted by Crippen LogP contribution is 2.41. The summed E-state index contributed by atoms with van der Waals surface area (Å²) in [6.45, 7) is 0. The molecule has 1 aliphatic carbocycles. The van der Waals surface area contributed by atoms with Gasteiger partial charge in [-0.2, -0.15) is 10.1 Å². The summed E-state index contributed by atoms with van der Waals surface area (Å²) in [5.74, 6) is 1.44. The fourth-order valence-corrected chi connectivity index (χ4v) is 3.92. The first-order valence-electron chi connectivity index (χ1n) is 9.20. The second-order valence-corrected chi connectivity index (χ2v) is 6.81. The molecule has 0 amide bonds. The number of aromatic amines is 1. The highest BCUT2D eigenvalue weighted by Gasteiger charge is 2.27. The number of aryl methyl sites for hydroxylation is 1. The number of aliphatic imine (C=N–C) groups is 1. The van der Waals surface area contributed by atoms with Crippen molar-refractivity contribution >= 4 is 11.8 Å². The average Bonchev–Trinajstić information content (AvgIpc) is 3.16. The van der Waals surface area contributed by atoms with E-state index in [0.717, 1.165) is 30.5 Å². The molecule has 0 aliphatic heterocycles. The molecule has 142 valence electrons. The maximum atomic E-state index is 11.1. The van der Waals surface area contributed by atoms with E-state index in [0.29, 0.717) is 22.9 Å². The monoisotopic (exact) mass is 375 g/mol. The van der Waals surface area contributed by atoms with E-state index in [1.54, 1.807) is 20.3 Å². The van der Waals surface area contributed by atoms with Crippen LogP contribution >= 0.6 is 0 Å². The van der Waals surface area contributed by atoms with Crippen molar-refractivity contribution in [2.24, 2.45) is 4.99 Å². The van der Waals surface area contributed by atoms with Crippen LogP contribution in [0.1, 0.15) is 29.2 Å². The number of nitrogens with zero attached hydrogens (tertiary/aromatic N) is 2. The smallest absolute Gasteiger partial charge is 0.240 e. The van der Waals surface area contributed by atoms with Gasteiger partial charge in [0.25, 0.3) is 0 Å². The zero-order valence-corrected chi connectivity index (χ0v) is 15.9. The molecule has 6 nitrogen and oxygen atoms in total. The normalized spacial score (nSPS) is 15.4.